The van der Waals surface area contributed by atoms with Crippen LogP contribution in [0.2, 0.25) is 0 Å². The second-order valence-electron chi connectivity index (χ2n) is 3.50. The van der Waals surface area contributed by atoms with Crippen LogP contribution in [0.4, 0.5) is 0 Å². The molecule has 2 unspecified atom stereocenters. The van der Waals surface area contributed by atoms with Crippen LogP contribution in [0.15, 0.2) is 0 Å². The Balaban J connectivity index is 3.35. The molecule has 0 aliphatic rings. The van der Waals surface area contributed by atoms with E-state index in [0.29, 0.717) is 17.9 Å². The topological polar surface area (TPSA) is 32.3 Å². The summed E-state index contributed by atoms with van der Waals surface area (Å²) in [5, 5.41) is 12.8. The first-order valence-electron chi connectivity index (χ1n) is 5.16. The van der Waals surface area contributed by atoms with Crippen molar-refractivity contribution in [2.45, 2.75) is 44.9 Å². The van der Waals surface area contributed by atoms with Gasteiger partial charge in [0, 0.05) is 17.0 Å². The lowest BCUT2D eigenvalue weighted by molar-refractivity contribution is 0.322. The van der Waals surface area contributed by atoms with E-state index in [0.717, 1.165) is 12.3 Å². The highest BCUT2D eigenvalue weighted by Gasteiger charge is 2.07. The summed E-state index contributed by atoms with van der Waals surface area (Å²) in [4.78, 5) is 0. The number of rotatable bonds is 8. The summed E-state index contributed by atoms with van der Waals surface area (Å²) in [6, 6.07) is 0.598. The molecule has 0 aliphatic carbocycles. The molecule has 0 aromatic rings. The SMILES string of the molecule is CCCNC(C)CC(C)SCCO. The molecule has 2 atom stereocenters. The highest BCUT2D eigenvalue weighted by atomic mass is 32.2. The predicted octanol–water partition coefficient (Wildman–Crippen LogP) is 1.88. The quantitative estimate of drug-likeness (QED) is 0.634. The lowest BCUT2D eigenvalue weighted by Gasteiger charge is -2.17. The maximum Gasteiger partial charge on any atom is 0.0521 e. The Morgan fingerprint density at radius 3 is 2.62 bits per heavy atom. The van der Waals surface area contributed by atoms with Crippen molar-refractivity contribution in [1.82, 2.24) is 5.32 Å². The number of hydrogen-bond acceptors (Lipinski definition) is 3. The number of nitrogens with one attached hydrogen (secondary N) is 1. The van der Waals surface area contributed by atoms with Crippen molar-refractivity contribution in [1.29, 1.82) is 0 Å². The third kappa shape index (κ3) is 8.60. The van der Waals surface area contributed by atoms with E-state index in [-0.39, 0.29) is 0 Å². The molecular weight excluding hydrogens is 182 g/mol. The zero-order valence-electron chi connectivity index (χ0n) is 9.05. The smallest absolute Gasteiger partial charge is 0.0521 e. The molecule has 0 amide bonds. The van der Waals surface area contributed by atoms with E-state index in [1.165, 1.54) is 12.8 Å². The van der Waals surface area contributed by atoms with Crippen molar-refractivity contribution < 1.29 is 5.11 Å². The van der Waals surface area contributed by atoms with Crippen LogP contribution in [0.25, 0.3) is 0 Å². The molecule has 0 aromatic carbocycles. The monoisotopic (exact) mass is 205 g/mol. The Morgan fingerprint density at radius 1 is 1.38 bits per heavy atom. The van der Waals surface area contributed by atoms with E-state index < -0.39 is 0 Å². The first-order valence-corrected chi connectivity index (χ1v) is 6.21. The zero-order chi connectivity index (χ0) is 10.1. The highest BCUT2D eigenvalue weighted by molar-refractivity contribution is 7.99. The van der Waals surface area contributed by atoms with Gasteiger partial charge in [0.2, 0.25) is 0 Å². The molecule has 80 valence electrons. The average Bonchev–Trinajstić information content (AvgIpc) is 2.11. The Labute approximate surface area is 86.5 Å². The minimum absolute atomic E-state index is 0.297. The maximum absolute atomic E-state index is 8.65. The lowest BCUT2D eigenvalue weighted by atomic mass is 10.2. The van der Waals surface area contributed by atoms with E-state index in [1.807, 2.05) is 11.8 Å². The maximum atomic E-state index is 8.65. The van der Waals surface area contributed by atoms with Crippen molar-refractivity contribution in [3.05, 3.63) is 0 Å². The van der Waals surface area contributed by atoms with Crippen LogP contribution in [0.3, 0.4) is 0 Å². The average molecular weight is 205 g/mol. The summed E-state index contributed by atoms with van der Waals surface area (Å²) in [7, 11) is 0. The minimum Gasteiger partial charge on any atom is -0.396 e. The van der Waals surface area contributed by atoms with Crippen molar-refractivity contribution in [3.63, 3.8) is 0 Å². The van der Waals surface area contributed by atoms with Gasteiger partial charge in [-0.05, 0) is 26.3 Å². The van der Waals surface area contributed by atoms with Crippen LogP contribution >= 0.6 is 11.8 Å². The number of hydrogen-bond donors (Lipinski definition) is 2. The van der Waals surface area contributed by atoms with E-state index in [9.17, 15) is 0 Å². The zero-order valence-corrected chi connectivity index (χ0v) is 9.86. The summed E-state index contributed by atoms with van der Waals surface area (Å²) < 4.78 is 0. The van der Waals surface area contributed by atoms with Crippen LogP contribution in [-0.2, 0) is 0 Å². The summed E-state index contributed by atoms with van der Waals surface area (Å²) >= 11 is 1.85. The second kappa shape index (κ2) is 8.85. The van der Waals surface area contributed by atoms with Gasteiger partial charge in [-0.15, -0.1) is 0 Å². The lowest BCUT2D eigenvalue weighted by Crippen LogP contribution is -2.29. The van der Waals surface area contributed by atoms with Gasteiger partial charge in [-0.25, -0.2) is 0 Å². The van der Waals surface area contributed by atoms with Crippen LogP contribution in [0, 0.1) is 0 Å². The van der Waals surface area contributed by atoms with E-state index in [4.69, 9.17) is 5.11 Å². The van der Waals surface area contributed by atoms with Gasteiger partial charge >= 0.3 is 0 Å². The molecule has 3 heteroatoms. The molecule has 0 aliphatic heterocycles. The van der Waals surface area contributed by atoms with Gasteiger partial charge in [0.05, 0.1) is 6.61 Å². The van der Waals surface area contributed by atoms with Crippen molar-refractivity contribution >= 4 is 11.8 Å². The molecule has 0 saturated carbocycles. The molecule has 2 N–H and O–H groups in total. The summed E-state index contributed by atoms with van der Waals surface area (Å²) in [6.45, 7) is 8.05. The van der Waals surface area contributed by atoms with Gasteiger partial charge in [-0.3, -0.25) is 0 Å². The summed E-state index contributed by atoms with van der Waals surface area (Å²) in [6.07, 6.45) is 2.38. The number of thioether (sulfide) groups is 1. The summed E-state index contributed by atoms with van der Waals surface area (Å²) in [5.74, 6) is 0.863. The molecule has 0 aromatic heterocycles. The molecule has 2 nitrogen and oxygen atoms in total. The largest absolute Gasteiger partial charge is 0.396 e. The fourth-order valence-corrected chi connectivity index (χ4v) is 2.23. The minimum atomic E-state index is 0.297. The van der Waals surface area contributed by atoms with Gasteiger partial charge in [0.1, 0.15) is 0 Å². The van der Waals surface area contributed by atoms with Gasteiger partial charge in [-0.2, -0.15) is 11.8 Å². The Hall–Kier alpha value is 0.270. The first-order chi connectivity index (χ1) is 6.20. The normalized spacial score (nSPS) is 15.7. The van der Waals surface area contributed by atoms with Crippen LogP contribution in [0.5, 0.6) is 0 Å². The van der Waals surface area contributed by atoms with Gasteiger partial charge in [0.15, 0.2) is 0 Å². The number of aliphatic hydroxyl groups is 1. The first kappa shape index (κ1) is 13.3. The third-order valence-electron chi connectivity index (χ3n) is 1.92. The second-order valence-corrected chi connectivity index (χ2v) is 5.04. The van der Waals surface area contributed by atoms with Gasteiger partial charge in [-0.1, -0.05) is 13.8 Å². The van der Waals surface area contributed by atoms with Gasteiger partial charge in [0.25, 0.3) is 0 Å². The fourth-order valence-electron chi connectivity index (χ4n) is 1.29. The number of aliphatic hydroxyl groups excluding tert-OH is 1. The standard InChI is InChI=1S/C10H23NOS/c1-4-5-11-9(2)8-10(3)13-7-6-12/h9-12H,4-8H2,1-3H3. The fraction of sp³-hybridized carbons (Fsp3) is 1.00. The molecular formula is C10H23NOS. The van der Waals surface area contributed by atoms with E-state index >= 15 is 0 Å². The highest BCUT2D eigenvalue weighted by Crippen LogP contribution is 2.14. The molecule has 0 radical (unpaired) electrons. The molecule has 0 rings (SSSR count). The summed E-state index contributed by atoms with van der Waals surface area (Å²) in [5.41, 5.74) is 0. The third-order valence-corrected chi connectivity index (χ3v) is 3.10. The molecule has 0 saturated heterocycles. The van der Waals surface area contributed by atoms with Crippen molar-refractivity contribution in [2.24, 2.45) is 0 Å². The molecule has 0 bridgehead atoms. The van der Waals surface area contributed by atoms with Crippen molar-refractivity contribution in [2.75, 3.05) is 18.9 Å². The molecule has 0 fully saturated rings. The Morgan fingerprint density at radius 2 is 2.08 bits per heavy atom. The van der Waals surface area contributed by atoms with E-state index in [1.54, 1.807) is 0 Å². The van der Waals surface area contributed by atoms with E-state index in [2.05, 4.69) is 26.1 Å². The Kier molecular flexibility index (Phi) is 9.03. The molecule has 0 spiro atoms. The van der Waals surface area contributed by atoms with Gasteiger partial charge < -0.3 is 10.4 Å². The van der Waals surface area contributed by atoms with Crippen LogP contribution in [-0.4, -0.2) is 35.3 Å². The molecule has 13 heavy (non-hydrogen) atoms. The predicted molar refractivity (Wildman–Crippen MR) is 61.4 cm³/mol. The molecule has 0 heterocycles. The van der Waals surface area contributed by atoms with Crippen LogP contribution < -0.4 is 5.32 Å². The van der Waals surface area contributed by atoms with Crippen LogP contribution in [0.1, 0.15) is 33.6 Å². The Bertz CT molecular complexity index is 99.1. The van der Waals surface area contributed by atoms with Crippen molar-refractivity contribution in [3.8, 4) is 0 Å².